The maximum Gasteiger partial charge on any atom is 0.488 e. The van der Waals surface area contributed by atoms with Crippen molar-refractivity contribution < 1.29 is 15.2 Å². The van der Waals surface area contributed by atoms with Gasteiger partial charge in [0, 0.05) is 23.0 Å². The smallest absolute Gasteiger partial charge is 0.488 e. The minimum absolute atomic E-state index is 0.243. The zero-order valence-corrected chi connectivity index (χ0v) is 11.9. The molecule has 110 valence electrons. The van der Waals surface area contributed by atoms with Crippen LogP contribution in [0.5, 0.6) is 5.75 Å². The first kappa shape index (κ1) is 14.4. The monoisotopic (exact) mass is 293 g/mol. The van der Waals surface area contributed by atoms with E-state index >= 15 is 0 Å². The molecule has 0 aliphatic carbocycles. The van der Waals surface area contributed by atoms with Gasteiger partial charge in [-0.1, -0.05) is 48.5 Å². The lowest BCUT2D eigenvalue weighted by Gasteiger charge is -2.13. The van der Waals surface area contributed by atoms with Crippen LogP contribution in [0.2, 0.25) is 0 Å². The second-order valence-corrected chi connectivity index (χ2v) is 5.10. The molecule has 0 saturated carbocycles. The lowest BCUT2D eigenvalue weighted by atomic mass is 9.77. The summed E-state index contributed by atoms with van der Waals surface area (Å²) >= 11 is 0. The summed E-state index contributed by atoms with van der Waals surface area (Å²) in [5.41, 5.74) is 2.18. The van der Waals surface area contributed by atoms with Crippen LogP contribution in [0.1, 0.15) is 5.56 Å². The maximum atomic E-state index is 9.90. The molecule has 0 unspecified atom stereocenters. The second kappa shape index (κ2) is 6.09. The lowest BCUT2D eigenvalue weighted by molar-refractivity contribution is 0.425. The van der Waals surface area contributed by atoms with E-state index < -0.39 is 7.12 Å². The van der Waals surface area contributed by atoms with Gasteiger partial charge in [0.1, 0.15) is 5.75 Å². The SMILES string of the molecule is OB(O)c1ccccc1CNc1cccc2c(O)cccc12. The molecule has 0 spiro atoms. The van der Waals surface area contributed by atoms with Crippen LogP contribution >= 0.6 is 0 Å². The third-order valence-electron chi connectivity index (χ3n) is 3.70. The summed E-state index contributed by atoms with van der Waals surface area (Å²) in [6.45, 7) is 0.461. The molecule has 0 atom stereocenters. The van der Waals surface area contributed by atoms with E-state index in [4.69, 9.17) is 0 Å². The Morgan fingerprint density at radius 2 is 1.55 bits per heavy atom. The number of phenolic OH excluding ortho intramolecular Hbond substituents is 1. The highest BCUT2D eigenvalue weighted by molar-refractivity contribution is 6.59. The van der Waals surface area contributed by atoms with E-state index in [1.807, 2.05) is 36.4 Å². The summed E-state index contributed by atoms with van der Waals surface area (Å²) in [4.78, 5) is 0. The van der Waals surface area contributed by atoms with Crippen molar-refractivity contribution >= 4 is 29.0 Å². The molecule has 5 heteroatoms. The summed E-state index contributed by atoms with van der Waals surface area (Å²) < 4.78 is 0. The number of hydrogen-bond acceptors (Lipinski definition) is 4. The quantitative estimate of drug-likeness (QED) is 0.554. The Kier molecular flexibility index (Phi) is 4.00. The van der Waals surface area contributed by atoms with Gasteiger partial charge in [0.15, 0.2) is 0 Å². The van der Waals surface area contributed by atoms with E-state index in [-0.39, 0.29) is 5.75 Å². The van der Waals surface area contributed by atoms with E-state index in [9.17, 15) is 15.2 Å². The Balaban J connectivity index is 1.91. The van der Waals surface area contributed by atoms with Crippen molar-refractivity contribution in [1.29, 1.82) is 0 Å². The normalized spacial score (nSPS) is 10.6. The molecule has 0 bridgehead atoms. The molecule has 0 aliphatic rings. The van der Waals surface area contributed by atoms with Gasteiger partial charge in [-0.15, -0.1) is 0 Å². The van der Waals surface area contributed by atoms with Crippen LogP contribution in [0.4, 0.5) is 5.69 Å². The summed E-state index contributed by atoms with van der Waals surface area (Å²) in [5, 5.41) is 33.7. The average molecular weight is 293 g/mol. The third kappa shape index (κ3) is 2.77. The summed E-state index contributed by atoms with van der Waals surface area (Å²) in [6, 6.07) is 18.2. The molecular weight excluding hydrogens is 277 g/mol. The number of nitrogens with one attached hydrogen (secondary N) is 1. The molecule has 0 aromatic heterocycles. The molecule has 0 fully saturated rings. The maximum absolute atomic E-state index is 9.90. The number of fused-ring (bicyclic) bond motifs is 1. The van der Waals surface area contributed by atoms with E-state index in [1.165, 1.54) is 0 Å². The molecule has 3 aromatic carbocycles. The third-order valence-corrected chi connectivity index (χ3v) is 3.70. The molecule has 3 aromatic rings. The minimum Gasteiger partial charge on any atom is -0.507 e. The Bertz CT molecular complexity index is 805. The van der Waals surface area contributed by atoms with Crippen molar-refractivity contribution in [3.8, 4) is 5.75 Å². The number of rotatable bonds is 4. The first-order chi connectivity index (χ1) is 10.7. The largest absolute Gasteiger partial charge is 0.507 e. The van der Waals surface area contributed by atoms with Crippen molar-refractivity contribution in [2.45, 2.75) is 6.54 Å². The molecule has 4 N–H and O–H groups in total. The van der Waals surface area contributed by atoms with Gasteiger partial charge < -0.3 is 20.5 Å². The highest BCUT2D eigenvalue weighted by Gasteiger charge is 2.15. The highest BCUT2D eigenvalue weighted by Crippen LogP contribution is 2.29. The van der Waals surface area contributed by atoms with Crippen LogP contribution in [-0.2, 0) is 6.54 Å². The Morgan fingerprint density at radius 3 is 2.36 bits per heavy atom. The van der Waals surface area contributed by atoms with Crippen molar-refractivity contribution in [1.82, 2.24) is 0 Å². The van der Waals surface area contributed by atoms with Crippen LogP contribution in [-0.4, -0.2) is 22.3 Å². The van der Waals surface area contributed by atoms with Gasteiger partial charge in [0.2, 0.25) is 0 Å². The summed E-state index contributed by atoms with van der Waals surface area (Å²) in [5.74, 6) is 0.243. The molecule has 0 heterocycles. The fraction of sp³-hybridized carbons (Fsp3) is 0.0588. The molecule has 0 radical (unpaired) electrons. The zero-order chi connectivity index (χ0) is 15.5. The van der Waals surface area contributed by atoms with Crippen molar-refractivity contribution in [3.63, 3.8) is 0 Å². The van der Waals surface area contributed by atoms with Gasteiger partial charge in [0.05, 0.1) is 0 Å². The van der Waals surface area contributed by atoms with Crippen molar-refractivity contribution in [2.24, 2.45) is 0 Å². The number of phenols is 1. The molecule has 4 nitrogen and oxygen atoms in total. The lowest BCUT2D eigenvalue weighted by Crippen LogP contribution is -2.33. The predicted molar refractivity (Wildman–Crippen MR) is 89.2 cm³/mol. The second-order valence-electron chi connectivity index (χ2n) is 5.10. The van der Waals surface area contributed by atoms with Crippen LogP contribution in [0, 0.1) is 0 Å². The summed E-state index contributed by atoms with van der Waals surface area (Å²) in [6.07, 6.45) is 0. The van der Waals surface area contributed by atoms with Crippen LogP contribution < -0.4 is 10.8 Å². The predicted octanol–water partition coefficient (Wildman–Crippen LogP) is 1.84. The van der Waals surface area contributed by atoms with Gasteiger partial charge >= 0.3 is 7.12 Å². The number of hydrogen-bond donors (Lipinski definition) is 4. The number of benzene rings is 3. The van der Waals surface area contributed by atoms with Crippen molar-refractivity contribution in [2.75, 3.05) is 5.32 Å². The average Bonchev–Trinajstić information content (AvgIpc) is 2.53. The Labute approximate surface area is 128 Å². The molecule has 0 amide bonds. The van der Waals surface area contributed by atoms with Crippen LogP contribution in [0.15, 0.2) is 60.7 Å². The van der Waals surface area contributed by atoms with Crippen LogP contribution in [0.3, 0.4) is 0 Å². The van der Waals surface area contributed by atoms with Gasteiger partial charge in [-0.25, -0.2) is 0 Å². The molecule has 3 rings (SSSR count). The van der Waals surface area contributed by atoms with Gasteiger partial charge in [-0.2, -0.15) is 0 Å². The topological polar surface area (TPSA) is 72.7 Å². The van der Waals surface area contributed by atoms with E-state index in [2.05, 4.69) is 5.32 Å². The first-order valence-corrected chi connectivity index (χ1v) is 7.05. The van der Waals surface area contributed by atoms with E-state index in [0.29, 0.717) is 12.0 Å². The fourth-order valence-corrected chi connectivity index (χ4v) is 2.59. The molecular formula is C17H16BNO3. The fourth-order valence-electron chi connectivity index (χ4n) is 2.59. The van der Waals surface area contributed by atoms with E-state index in [0.717, 1.165) is 22.0 Å². The Morgan fingerprint density at radius 1 is 0.818 bits per heavy atom. The zero-order valence-electron chi connectivity index (χ0n) is 11.9. The molecule has 0 saturated heterocycles. The number of aromatic hydroxyl groups is 1. The summed E-state index contributed by atoms with van der Waals surface area (Å²) in [7, 11) is -1.49. The standard InChI is InChI=1S/C17H16BNO3/c20-17-10-4-6-13-14(17)7-3-9-16(13)19-11-12-5-1-2-8-15(12)18(21)22/h1-10,19-22H,11H2. The number of anilines is 1. The van der Waals surface area contributed by atoms with Crippen molar-refractivity contribution in [3.05, 3.63) is 66.2 Å². The molecule has 22 heavy (non-hydrogen) atoms. The molecule has 0 aliphatic heterocycles. The van der Waals surface area contributed by atoms with Crippen LogP contribution in [0.25, 0.3) is 10.8 Å². The minimum atomic E-state index is -1.49. The van der Waals surface area contributed by atoms with Gasteiger partial charge in [-0.05, 0) is 23.2 Å². The Hall–Kier alpha value is -2.50. The van der Waals surface area contributed by atoms with Gasteiger partial charge in [-0.3, -0.25) is 0 Å². The van der Waals surface area contributed by atoms with Gasteiger partial charge in [0.25, 0.3) is 0 Å². The van der Waals surface area contributed by atoms with E-state index in [1.54, 1.807) is 24.3 Å². The first-order valence-electron chi connectivity index (χ1n) is 7.05. The highest BCUT2D eigenvalue weighted by atomic mass is 16.4.